The summed E-state index contributed by atoms with van der Waals surface area (Å²) in [5.74, 6) is 0.106. The lowest BCUT2D eigenvalue weighted by Crippen LogP contribution is -2.52. The van der Waals surface area contributed by atoms with Gasteiger partial charge in [-0.05, 0) is 19.3 Å². The molecule has 2 aliphatic heterocycles. The molecule has 5 heteroatoms. The first kappa shape index (κ1) is 13.1. The summed E-state index contributed by atoms with van der Waals surface area (Å²) < 4.78 is 11.4. The third kappa shape index (κ3) is 2.92. The largest absolute Gasteiger partial charge is 0.381 e. The van der Waals surface area contributed by atoms with Gasteiger partial charge in [0.05, 0.1) is 11.7 Å². The van der Waals surface area contributed by atoms with Crippen molar-refractivity contribution in [3.63, 3.8) is 0 Å². The summed E-state index contributed by atoms with van der Waals surface area (Å²) in [6.45, 7) is 2.27. The number of likely N-dealkylation sites (tertiary alicyclic amines) is 1. The quantitative estimate of drug-likeness (QED) is 0.706. The van der Waals surface area contributed by atoms with E-state index in [9.17, 15) is 4.79 Å². The molecule has 0 aromatic carbocycles. The molecule has 0 N–H and O–H groups in total. The van der Waals surface area contributed by atoms with Crippen molar-refractivity contribution in [1.82, 2.24) is 4.90 Å². The molecule has 0 saturated carbocycles. The van der Waals surface area contributed by atoms with Gasteiger partial charge in [-0.2, -0.15) is 0 Å². The molecule has 1 spiro atoms. The number of ether oxygens (including phenoxy) is 2. The molecule has 1 atom stereocenters. The Hall–Kier alpha value is -0.320. The topological polar surface area (TPSA) is 38.8 Å². The molecule has 0 aromatic heterocycles. The van der Waals surface area contributed by atoms with Crippen molar-refractivity contribution in [2.24, 2.45) is 0 Å². The fourth-order valence-electron chi connectivity index (χ4n) is 2.78. The van der Waals surface area contributed by atoms with Crippen LogP contribution in [0.4, 0.5) is 0 Å². The van der Waals surface area contributed by atoms with Gasteiger partial charge >= 0.3 is 0 Å². The van der Waals surface area contributed by atoms with E-state index in [0.29, 0.717) is 6.10 Å². The maximum absolute atomic E-state index is 11.5. The van der Waals surface area contributed by atoms with Crippen LogP contribution in [-0.4, -0.2) is 55.2 Å². The van der Waals surface area contributed by atoms with Crippen LogP contribution in [-0.2, 0) is 14.3 Å². The Bertz CT molecular complexity index is 277. The summed E-state index contributed by atoms with van der Waals surface area (Å²) in [6.07, 6.45) is 4.03. The lowest BCUT2D eigenvalue weighted by Gasteiger charge is -2.45. The van der Waals surface area contributed by atoms with Crippen LogP contribution in [0.25, 0.3) is 0 Å². The minimum Gasteiger partial charge on any atom is -0.381 e. The summed E-state index contributed by atoms with van der Waals surface area (Å²) in [4.78, 5) is 13.3. The van der Waals surface area contributed by atoms with E-state index >= 15 is 0 Å². The Kier molecular flexibility index (Phi) is 4.28. The first-order valence-corrected chi connectivity index (χ1v) is 6.73. The number of nitrogens with zero attached hydrogens (tertiary/aromatic N) is 1. The van der Waals surface area contributed by atoms with E-state index in [1.54, 1.807) is 7.11 Å². The fraction of sp³-hybridized carbons (Fsp3) is 0.917. The number of hydrogen-bond donors (Lipinski definition) is 0. The maximum Gasteiger partial charge on any atom is 0.237 e. The summed E-state index contributed by atoms with van der Waals surface area (Å²) in [7, 11) is 1.76. The van der Waals surface area contributed by atoms with E-state index in [0.717, 1.165) is 45.4 Å². The predicted octanol–water partition coefficient (Wildman–Crippen LogP) is 1.41. The Morgan fingerprint density at radius 3 is 2.82 bits per heavy atom. The zero-order chi connectivity index (χ0) is 12.3. The lowest BCUT2D eigenvalue weighted by molar-refractivity contribution is -0.156. The second-order valence-electron chi connectivity index (χ2n) is 4.90. The average molecular weight is 262 g/mol. The smallest absolute Gasteiger partial charge is 0.237 e. The number of carbonyl (C=O) groups excluding carboxylic acids is 1. The van der Waals surface area contributed by atoms with Crippen molar-refractivity contribution in [3.8, 4) is 0 Å². The fourth-order valence-corrected chi connectivity index (χ4v) is 2.95. The van der Waals surface area contributed by atoms with Crippen molar-refractivity contribution in [2.45, 2.75) is 37.4 Å². The van der Waals surface area contributed by atoms with Gasteiger partial charge in [-0.25, -0.2) is 0 Å². The van der Waals surface area contributed by atoms with Gasteiger partial charge in [0.15, 0.2) is 0 Å². The van der Waals surface area contributed by atoms with Gasteiger partial charge in [0.2, 0.25) is 5.91 Å². The van der Waals surface area contributed by atoms with E-state index in [1.165, 1.54) is 0 Å². The van der Waals surface area contributed by atoms with Crippen molar-refractivity contribution in [1.29, 1.82) is 0 Å². The van der Waals surface area contributed by atoms with Crippen LogP contribution in [0.3, 0.4) is 0 Å². The SMILES string of the molecule is CO[C@@H]1CCOC2(CCN(C(=O)CCl)CC2)C1. The molecular formula is C12H20ClNO3. The third-order valence-electron chi connectivity index (χ3n) is 3.92. The third-order valence-corrected chi connectivity index (χ3v) is 4.15. The van der Waals surface area contributed by atoms with Crippen LogP contribution < -0.4 is 0 Å². The Balaban J connectivity index is 1.90. The van der Waals surface area contributed by atoms with Crippen molar-refractivity contribution in [2.75, 3.05) is 32.7 Å². The molecule has 0 aliphatic carbocycles. The summed E-state index contributed by atoms with van der Waals surface area (Å²) in [5, 5.41) is 0. The number of alkyl halides is 1. The van der Waals surface area contributed by atoms with Crippen molar-refractivity contribution in [3.05, 3.63) is 0 Å². The van der Waals surface area contributed by atoms with E-state index in [2.05, 4.69) is 0 Å². The Labute approximate surface area is 107 Å². The lowest BCUT2D eigenvalue weighted by atomic mass is 9.83. The Morgan fingerprint density at radius 2 is 2.24 bits per heavy atom. The molecule has 2 aliphatic rings. The number of carbonyl (C=O) groups is 1. The summed E-state index contributed by atoms with van der Waals surface area (Å²) >= 11 is 5.57. The summed E-state index contributed by atoms with van der Waals surface area (Å²) in [5.41, 5.74) is -0.0674. The number of rotatable bonds is 2. The van der Waals surface area contributed by atoms with E-state index in [1.807, 2.05) is 4.90 Å². The molecule has 17 heavy (non-hydrogen) atoms. The Morgan fingerprint density at radius 1 is 1.53 bits per heavy atom. The number of piperidine rings is 1. The second-order valence-corrected chi connectivity index (χ2v) is 5.16. The van der Waals surface area contributed by atoms with Gasteiger partial charge in [0.1, 0.15) is 5.88 Å². The highest BCUT2D eigenvalue weighted by Gasteiger charge is 2.41. The highest BCUT2D eigenvalue weighted by atomic mass is 35.5. The van der Waals surface area contributed by atoms with Crippen LogP contribution in [0.1, 0.15) is 25.7 Å². The van der Waals surface area contributed by atoms with Crippen LogP contribution in [0.15, 0.2) is 0 Å². The molecule has 2 saturated heterocycles. The molecule has 4 nitrogen and oxygen atoms in total. The molecule has 2 rings (SSSR count). The number of methoxy groups -OCH3 is 1. The molecule has 2 fully saturated rings. The van der Waals surface area contributed by atoms with Gasteiger partial charge in [-0.15, -0.1) is 11.6 Å². The van der Waals surface area contributed by atoms with Gasteiger partial charge < -0.3 is 14.4 Å². The zero-order valence-corrected chi connectivity index (χ0v) is 11.0. The molecule has 0 aromatic rings. The molecule has 2 heterocycles. The number of amides is 1. The highest BCUT2D eigenvalue weighted by Crippen LogP contribution is 2.35. The van der Waals surface area contributed by atoms with Crippen LogP contribution >= 0.6 is 11.6 Å². The van der Waals surface area contributed by atoms with Crippen LogP contribution in [0.5, 0.6) is 0 Å². The predicted molar refractivity (Wildman–Crippen MR) is 65.2 cm³/mol. The van der Waals surface area contributed by atoms with Gasteiger partial charge in [0, 0.05) is 33.2 Å². The molecular weight excluding hydrogens is 242 g/mol. The number of halogens is 1. The first-order chi connectivity index (χ1) is 8.19. The maximum atomic E-state index is 11.5. The van der Waals surface area contributed by atoms with Crippen molar-refractivity contribution >= 4 is 17.5 Å². The first-order valence-electron chi connectivity index (χ1n) is 6.19. The van der Waals surface area contributed by atoms with E-state index < -0.39 is 0 Å². The van der Waals surface area contributed by atoms with E-state index in [-0.39, 0.29) is 17.4 Å². The molecule has 0 bridgehead atoms. The second kappa shape index (κ2) is 5.55. The molecule has 0 radical (unpaired) electrons. The van der Waals surface area contributed by atoms with Crippen LogP contribution in [0, 0.1) is 0 Å². The van der Waals surface area contributed by atoms with Crippen molar-refractivity contribution < 1.29 is 14.3 Å². The molecule has 1 amide bonds. The molecule has 98 valence electrons. The molecule has 0 unspecified atom stereocenters. The zero-order valence-electron chi connectivity index (χ0n) is 10.3. The van der Waals surface area contributed by atoms with Gasteiger partial charge in [-0.3, -0.25) is 4.79 Å². The highest BCUT2D eigenvalue weighted by molar-refractivity contribution is 6.27. The minimum absolute atomic E-state index is 0.0283. The normalized spacial score (nSPS) is 28.4. The monoisotopic (exact) mass is 261 g/mol. The summed E-state index contributed by atoms with van der Waals surface area (Å²) in [6, 6.07) is 0. The standard InChI is InChI=1S/C12H20ClNO3/c1-16-10-2-7-17-12(8-10)3-5-14(6-4-12)11(15)9-13/h10H,2-9H2,1H3/t10-/m1/s1. The average Bonchev–Trinajstić information content (AvgIpc) is 2.39. The van der Waals surface area contributed by atoms with Gasteiger partial charge in [0.25, 0.3) is 0 Å². The number of hydrogen-bond acceptors (Lipinski definition) is 3. The van der Waals surface area contributed by atoms with Gasteiger partial charge in [-0.1, -0.05) is 0 Å². The van der Waals surface area contributed by atoms with Crippen LogP contribution in [0.2, 0.25) is 0 Å². The minimum atomic E-state index is -0.0674. The van der Waals surface area contributed by atoms with E-state index in [4.69, 9.17) is 21.1 Å².